The number of amides is 1. The van der Waals surface area contributed by atoms with Crippen LogP contribution in [0.25, 0.3) is 0 Å². The molecule has 0 atom stereocenters. The third-order valence-corrected chi connectivity index (χ3v) is 1.92. The summed E-state index contributed by atoms with van der Waals surface area (Å²) >= 11 is 0. The summed E-state index contributed by atoms with van der Waals surface area (Å²) in [5, 5.41) is 2.52. The molecule has 0 radical (unpaired) electrons. The molecule has 0 bridgehead atoms. The van der Waals surface area contributed by atoms with E-state index in [0.29, 0.717) is 12.2 Å². The maximum absolute atomic E-state index is 10.2. The molecule has 2 rings (SSSR count). The number of fused-ring (bicyclic) bond motifs is 1. The van der Waals surface area contributed by atoms with Crippen LogP contribution in [-0.4, -0.2) is 24.2 Å². The van der Waals surface area contributed by atoms with Gasteiger partial charge in [0.15, 0.2) is 0 Å². The van der Waals surface area contributed by atoms with Gasteiger partial charge in [-0.05, 0) is 12.1 Å². The number of pyridine rings is 1. The van der Waals surface area contributed by atoms with Crippen molar-refractivity contribution in [1.29, 1.82) is 0 Å². The van der Waals surface area contributed by atoms with Crippen LogP contribution in [0.15, 0.2) is 17.1 Å². The summed E-state index contributed by atoms with van der Waals surface area (Å²) in [6.07, 6.45) is 3.29. The number of carbonyl (C=O) groups excluding carboxylic acids is 1. The van der Waals surface area contributed by atoms with E-state index in [4.69, 9.17) is 0 Å². The Bertz CT molecular complexity index is 360. The van der Waals surface area contributed by atoms with E-state index in [0.717, 1.165) is 24.2 Å². The van der Waals surface area contributed by atoms with Crippen LogP contribution < -0.4 is 5.32 Å². The average molecular weight is 175 g/mol. The number of nitrogens with one attached hydrogen (secondary N) is 1. The van der Waals surface area contributed by atoms with Gasteiger partial charge in [0.25, 0.3) is 0 Å². The lowest BCUT2D eigenvalue weighted by atomic mass is 10.1. The standard InChI is InChI=1S/C9H9N3O/c13-6-11-9-2-1-7-5-10-4-3-8(7)12-9/h1-2,5-6H,3-4H2,(H,11,12,13). The van der Waals surface area contributed by atoms with Crippen LogP contribution in [0.1, 0.15) is 11.3 Å². The Morgan fingerprint density at radius 2 is 2.38 bits per heavy atom. The number of carbonyl (C=O) groups is 1. The molecule has 1 aliphatic rings. The number of anilines is 1. The molecule has 1 aromatic rings. The normalized spacial score (nSPS) is 13.5. The Hall–Kier alpha value is -1.71. The molecular formula is C9H9N3O. The Kier molecular flexibility index (Phi) is 2.04. The molecule has 0 aliphatic carbocycles. The Labute approximate surface area is 75.7 Å². The zero-order valence-electron chi connectivity index (χ0n) is 7.03. The lowest BCUT2D eigenvalue weighted by molar-refractivity contribution is -0.105. The van der Waals surface area contributed by atoms with Gasteiger partial charge in [0, 0.05) is 24.7 Å². The van der Waals surface area contributed by atoms with E-state index in [-0.39, 0.29) is 0 Å². The van der Waals surface area contributed by atoms with Crippen LogP contribution in [0.4, 0.5) is 5.82 Å². The van der Waals surface area contributed by atoms with Crippen molar-refractivity contribution in [1.82, 2.24) is 4.98 Å². The summed E-state index contributed by atoms with van der Waals surface area (Å²) in [6.45, 7) is 0.782. The fraction of sp³-hybridized carbons (Fsp3) is 0.222. The van der Waals surface area contributed by atoms with Crippen molar-refractivity contribution in [2.45, 2.75) is 6.42 Å². The van der Waals surface area contributed by atoms with E-state index >= 15 is 0 Å². The summed E-state index contributed by atoms with van der Waals surface area (Å²) in [5.74, 6) is 0.601. The largest absolute Gasteiger partial charge is 0.313 e. The van der Waals surface area contributed by atoms with Gasteiger partial charge in [-0.3, -0.25) is 9.79 Å². The molecule has 0 spiro atoms. The van der Waals surface area contributed by atoms with E-state index in [2.05, 4.69) is 15.3 Å². The molecule has 13 heavy (non-hydrogen) atoms. The highest BCUT2D eigenvalue weighted by Crippen LogP contribution is 2.12. The van der Waals surface area contributed by atoms with Gasteiger partial charge in [-0.2, -0.15) is 0 Å². The molecule has 66 valence electrons. The van der Waals surface area contributed by atoms with Crippen molar-refractivity contribution in [3.05, 3.63) is 23.4 Å². The minimum absolute atomic E-state index is 0.601. The Morgan fingerprint density at radius 1 is 1.46 bits per heavy atom. The second-order valence-corrected chi connectivity index (χ2v) is 2.78. The van der Waals surface area contributed by atoms with E-state index in [1.807, 2.05) is 12.3 Å². The van der Waals surface area contributed by atoms with Crippen molar-refractivity contribution in [3.8, 4) is 0 Å². The lowest BCUT2D eigenvalue weighted by Crippen LogP contribution is -2.07. The number of aliphatic imine (C=N–C) groups is 1. The molecule has 4 nitrogen and oxygen atoms in total. The highest BCUT2D eigenvalue weighted by atomic mass is 16.1. The molecule has 1 N–H and O–H groups in total. The molecule has 1 aromatic heterocycles. The van der Waals surface area contributed by atoms with Gasteiger partial charge in [-0.15, -0.1) is 0 Å². The average Bonchev–Trinajstić information content (AvgIpc) is 2.18. The predicted octanol–water partition coefficient (Wildman–Crippen LogP) is 0.625. The molecule has 0 saturated carbocycles. The van der Waals surface area contributed by atoms with Crippen molar-refractivity contribution in [3.63, 3.8) is 0 Å². The molecule has 1 amide bonds. The lowest BCUT2D eigenvalue weighted by Gasteiger charge is -2.09. The van der Waals surface area contributed by atoms with Gasteiger partial charge in [0.2, 0.25) is 6.41 Å². The third-order valence-electron chi connectivity index (χ3n) is 1.92. The van der Waals surface area contributed by atoms with Crippen LogP contribution >= 0.6 is 0 Å². The first-order valence-corrected chi connectivity index (χ1v) is 4.10. The fourth-order valence-corrected chi connectivity index (χ4v) is 1.30. The van der Waals surface area contributed by atoms with Crippen LogP contribution in [0.2, 0.25) is 0 Å². The summed E-state index contributed by atoms with van der Waals surface area (Å²) in [4.78, 5) is 18.6. The minimum Gasteiger partial charge on any atom is -0.313 e. The van der Waals surface area contributed by atoms with Crippen LogP contribution in [0.5, 0.6) is 0 Å². The second kappa shape index (κ2) is 3.35. The first-order chi connectivity index (χ1) is 6.40. The molecule has 4 heteroatoms. The van der Waals surface area contributed by atoms with Crippen LogP contribution in [0, 0.1) is 0 Å². The first kappa shape index (κ1) is 7.91. The fourth-order valence-electron chi connectivity index (χ4n) is 1.30. The van der Waals surface area contributed by atoms with E-state index in [1.165, 1.54) is 0 Å². The van der Waals surface area contributed by atoms with E-state index in [9.17, 15) is 4.79 Å². The number of nitrogens with zero attached hydrogens (tertiary/aromatic N) is 2. The number of rotatable bonds is 2. The molecule has 0 fully saturated rings. The Morgan fingerprint density at radius 3 is 3.23 bits per heavy atom. The van der Waals surface area contributed by atoms with Crippen LogP contribution in [0.3, 0.4) is 0 Å². The minimum atomic E-state index is 0.601. The quantitative estimate of drug-likeness (QED) is 0.670. The van der Waals surface area contributed by atoms with Crippen LogP contribution in [-0.2, 0) is 11.2 Å². The zero-order chi connectivity index (χ0) is 9.10. The summed E-state index contributed by atoms with van der Waals surface area (Å²) in [5.41, 5.74) is 2.05. The van der Waals surface area contributed by atoms with Gasteiger partial charge in [0.05, 0.1) is 5.69 Å². The third kappa shape index (κ3) is 1.56. The Balaban J connectivity index is 2.36. The topological polar surface area (TPSA) is 54.4 Å². The summed E-state index contributed by atoms with van der Waals surface area (Å²) in [6, 6.07) is 3.68. The van der Waals surface area contributed by atoms with E-state index < -0.39 is 0 Å². The first-order valence-electron chi connectivity index (χ1n) is 4.10. The molecule has 0 unspecified atom stereocenters. The van der Waals surface area contributed by atoms with Gasteiger partial charge >= 0.3 is 0 Å². The smallest absolute Gasteiger partial charge is 0.212 e. The van der Waals surface area contributed by atoms with Crippen molar-refractivity contribution in [2.75, 3.05) is 11.9 Å². The van der Waals surface area contributed by atoms with Crippen molar-refractivity contribution >= 4 is 18.4 Å². The monoisotopic (exact) mass is 175 g/mol. The molecule has 0 aromatic carbocycles. The van der Waals surface area contributed by atoms with Gasteiger partial charge in [0.1, 0.15) is 5.82 Å². The highest BCUT2D eigenvalue weighted by molar-refractivity contribution is 5.83. The molecule has 0 saturated heterocycles. The van der Waals surface area contributed by atoms with E-state index in [1.54, 1.807) is 6.07 Å². The predicted molar refractivity (Wildman–Crippen MR) is 50.1 cm³/mol. The highest BCUT2D eigenvalue weighted by Gasteiger charge is 2.06. The summed E-state index contributed by atoms with van der Waals surface area (Å²) < 4.78 is 0. The number of aromatic nitrogens is 1. The maximum atomic E-state index is 10.2. The zero-order valence-corrected chi connectivity index (χ0v) is 7.03. The van der Waals surface area contributed by atoms with Crippen molar-refractivity contribution in [2.24, 2.45) is 4.99 Å². The molecule has 2 heterocycles. The molecular weight excluding hydrogens is 166 g/mol. The van der Waals surface area contributed by atoms with Crippen molar-refractivity contribution < 1.29 is 4.79 Å². The summed E-state index contributed by atoms with van der Waals surface area (Å²) in [7, 11) is 0. The SMILES string of the molecule is O=CNc1ccc2c(n1)CCN=C2. The maximum Gasteiger partial charge on any atom is 0.212 e. The number of hydrogen-bond acceptors (Lipinski definition) is 3. The number of hydrogen-bond donors (Lipinski definition) is 1. The second-order valence-electron chi connectivity index (χ2n) is 2.78. The molecule has 1 aliphatic heterocycles. The van der Waals surface area contributed by atoms with Gasteiger partial charge in [-0.25, -0.2) is 4.98 Å². The van der Waals surface area contributed by atoms with Gasteiger partial charge in [-0.1, -0.05) is 0 Å². The van der Waals surface area contributed by atoms with Gasteiger partial charge < -0.3 is 5.32 Å².